The smallest absolute Gasteiger partial charge is 0.247 e. The van der Waals surface area contributed by atoms with Gasteiger partial charge >= 0.3 is 0 Å². The van der Waals surface area contributed by atoms with Gasteiger partial charge in [-0.15, -0.1) is 10.2 Å². The Morgan fingerprint density at radius 2 is 2.00 bits per heavy atom. The fourth-order valence-electron chi connectivity index (χ4n) is 2.99. The summed E-state index contributed by atoms with van der Waals surface area (Å²) in [6.07, 6.45) is 0. The standard InChI is InChI=1S/C16H21N3O4S/c1-3-24(20,21)19-9-13(11-22-2)14(10-19)16-18-17-15(23-16)12-7-5-4-6-8-12/h4-8,13-14H,3,9-11H2,1-2H3/t13-,14+/m0/s1. The van der Waals surface area contributed by atoms with E-state index in [1.807, 2.05) is 30.3 Å². The molecular weight excluding hydrogens is 330 g/mol. The summed E-state index contributed by atoms with van der Waals surface area (Å²) in [5.74, 6) is 0.832. The van der Waals surface area contributed by atoms with Crippen molar-refractivity contribution in [3.8, 4) is 11.5 Å². The van der Waals surface area contributed by atoms with Crippen LogP contribution in [0.4, 0.5) is 0 Å². The summed E-state index contributed by atoms with van der Waals surface area (Å²) in [4.78, 5) is 0. The average molecular weight is 351 g/mol. The Balaban J connectivity index is 1.85. The van der Waals surface area contributed by atoms with E-state index in [0.29, 0.717) is 31.5 Å². The minimum Gasteiger partial charge on any atom is -0.420 e. The summed E-state index contributed by atoms with van der Waals surface area (Å²) < 4.78 is 36.9. The Labute approximate surface area is 141 Å². The molecule has 1 saturated heterocycles. The van der Waals surface area contributed by atoms with Crippen LogP contribution in [0.2, 0.25) is 0 Å². The molecule has 0 N–H and O–H groups in total. The van der Waals surface area contributed by atoms with Gasteiger partial charge in [0.25, 0.3) is 0 Å². The molecule has 130 valence electrons. The van der Waals surface area contributed by atoms with Crippen molar-refractivity contribution in [2.45, 2.75) is 12.8 Å². The van der Waals surface area contributed by atoms with Crippen molar-refractivity contribution in [1.29, 1.82) is 0 Å². The van der Waals surface area contributed by atoms with Gasteiger partial charge in [-0.1, -0.05) is 18.2 Å². The minimum atomic E-state index is -3.25. The second kappa shape index (κ2) is 7.00. The predicted molar refractivity (Wildman–Crippen MR) is 88.9 cm³/mol. The molecule has 0 amide bonds. The summed E-state index contributed by atoms with van der Waals surface area (Å²) >= 11 is 0. The molecule has 0 unspecified atom stereocenters. The van der Waals surface area contributed by atoms with Gasteiger partial charge < -0.3 is 9.15 Å². The molecule has 0 spiro atoms. The van der Waals surface area contributed by atoms with Gasteiger partial charge in [-0.3, -0.25) is 0 Å². The summed E-state index contributed by atoms with van der Waals surface area (Å²) in [6.45, 7) is 2.86. The lowest BCUT2D eigenvalue weighted by atomic mass is 9.97. The molecular formula is C16H21N3O4S. The fraction of sp³-hybridized carbons (Fsp3) is 0.500. The Morgan fingerprint density at radius 1 is 1.25 bits per heavy atom. The SMILES string of the molecule is CCS(=O)(=O)N1C[C@@H](COC)[C@H](c2nnc(-c3ccccc3)o2)C1. The van der Waals surface area contributed by atoms with Crippen LogP contribution in [0.25, 0.3) is 11.5 Å². The van der Waals surface area contributed by atoms with Gasteiger partial charge in [-0.05, 0) is 19.1 Å². The van der Waals surface area contributed by atoms with Gasteiger partial charge in [-0.25, -0.2) is 12.7 Å². The maximum absolute atomic E-state index is 12.2. The van der Waals surface area contributed by atoms with E-state index < -0.39 is 10.0 Å². The average Bonchev–Trinajstić information content (AvgIpc) is 3.23. The quantitative estimate of drug-likeness (QED) is 0.788. The van der Waals surface area contributed by atoms with Crippen LogP contribution in [0.1, 0.15) is 18.7 Å². The number of aromatic nitrogens is 2. The molecule has 1 aromatic carbocycles. The lowest BCUT2D eigenvalue weighted by molar-refractivity contribution is 0.147. The van der Waals surface area contributed by atoms with Gasteiger partial charge in [0.15, 0.2) is 0 Å². The lowest BCUT2D eigenvalue weighted by Crippen LogP contribution is -2.30. The second-order valence-electron chi connectivity index (χ2n) is 5.85. The van der Waals surface area contributed by atoms with E-state index in [4.69, 9.17) is 9.15 Å². The van der Waals surface area contributed by atoms with Crippen molar-refractivity contribution in [2.75, 3.05) is 32.6 Å². The third kappa shape index (κ3) is 3.35. The van der Waals surface area contributed by atoms with Crippen LogP contribution in [0.15, 0.2) is 34.7 Å². The number of ether oxygens (including phenoxy) is 1. The van der Waals surface area contributed by atoms with Gasteiger partial charge in [0.05, 0.1) is 18.3 Å². The summed E-state index contributed by atoms with van der Waals surface area (Å²) in [5, 5.41) is 8.26. The highest BCUT2D eigenvalue weighted by Crippen LogP contribution is 2.34. The summed E-state index contributed by atoms with van der Waals surface area (Å²) in [5.41, 5.74) is 0.843. The third-order valence-corrected chi connectivity index (χ3v) is 6.14. The molecule has 0 bridgehead atoms. The molecule has 24 heavy (non-hydrogen) atoms. The Morgan fingerprint density at radius 3 is 2.67 bits per heavy atom. The van der Waals surface area contributed by atoms with Gasteiger partial charge in [0.1, 0.15) is 0 Å². The van der Waals surface area contributed by atoms with Gasteiger partial charge in [0, 0.05) is 31.7 Å². The zero-order chi connectivity index (χ0) is 17.2. The molecule has 0 radical (unpaired) electrons. The molecule has 1 fully saturated rings. The molecule has 3 rings (SSSR count). The normalized spacial score (nSPS) is 22.1. The molecule has 2 atom stereocenters. The number of hydrogen-bond donors (Lipinski definition) is 0. The first-order valence-corrected chi connectivity index (χ1v) is 9.51. The zero-order valence-corrected chi connectivity index (χ0v) is 14.6. The minimum absolute atomic E-state index is 0.000369. The van der Waals surface area contributed by atoms with Crippen molar-refractivity contribution in [2.24, 2.45) is 5.92 Å². The van der Waals surface area contributed by atoms with Crippen LogP contribution in [-0.2, 0) is 14.8 Å². The van der Waals surface area contributed by atoms with Crippen LogP contribution in [0.5, 0.6) is 0 Å². The van der Waals surface area contributed by atoms with Crippen molar-refractivity contribution >= 4 is 10.0 Å². The first kappa shape index (κ1) is 17.1. The van der Waals surface area contributed by atoms with Gasteiger partial charge in [-0.2, -0.15) is 0 Å². The Hall–Kier alpha value is -1.77. The molecule has 8 heteroatoms. The van der Waals surface area contributed by atoms with E-state index in [9.17, 15) is 8.42 Å². The molecule has 0 saturated carbocycles. The Kier molecular flexibility index (Phi) is 4.98. The van der Waals surface area contributed by atoms with Gasteiger partial charge in [0.2, 0.25) is 21.8 Å². The first-order valence-electron chi connectivity index (χ1n) is 7.90. The number of hydrogen-bond acceptors (Lipinski definition) is 6. The lowest BCUT2D eigenvalue weighted by Gasteiger charge is -2.14. The highest BCUT2D eigenvalue weighted by Gasteiger charge is 2.41. The molecule has 1 aliphatic rings. The predicted octanol–water partition coefficient (Wildman–Crippen LogP) is 1.75. The van der Waals surface area contributed by atoms with Crippen LogP contribution in [0.3, 0.4) is 0 Å². The van der Waals surface area contributed by atoms with Crippen LogP contribution in [-0.4, -0.2) is 55.5 Å². The maximum atomic E-state index is 12.2. The summed E-state index contributed by atoms with van der Waals surface area (Å²) in [6, 6.07) is 9.51. The van der Waals surface area contributed by atoms with E-state index in [0.717, 1.165) is 5.56 Å². The van der Waals surface area contributed by atoms with Crippen LogP contribution in [0, 0.1) is 5.92 Å². The third-order valence-electron chi connectivity index (χ3n) is 4.33. The van der Waals surface area contributed by atoms with Crippen molar-refractivity contribution in [3.05, 3.63) is 36.2 Å². The number of benzene rings is 1. The molecule has 7 nitrogen and oxygen atoms in total. The molecule has 1 aromatic heterocycles. The first-order chi connectivity index (χ1) is 11.5. The summed E-state index contributed by atoms with van der Waals surface area (Å²) in [7, 11) is -1.64. The maximum Gasteiger partial charge on any atom is 0.247 e. The number of sulfonamides is 1. The topological polar surface area (TPSA) is 85.5 Å². The monoisotopic (exact) mass is 351 g/mol. The van der Waals surface area contributed by atoms with Crippen molar-refractivity contribution in [3.63, 3.8) is 0 Å². The molecule has 0 aliphatic carbocycles. The number of methoxy groups -OCH3 is 1. The Bertz CT molecular complexity index is 776. The largest absolute Gasteiger partial charge is 0.420 e. The second-order valence-corrected chi connectivity index (χ2v) is 8.11. The number of rotatable bonds is 6. The molecule has 2 heterocycles. The van der Waals surface area contributed by atoms with E-state index in [1.54, 1.807) is 14.0 Å². The highest BCUT2D eigenvalue weighted by molar-refractivity contribution is 7.89. The molecule has 1 aliphatic heterocycles. The van der Waals surface area contributed by atoms with E-state index in [2.05, 4.69) is 10.2 Å². The zero-order valence-electron chi connectivity index (χ0n) is 13.8. The van der Waals surface area contributed by atoms with E-state index in [1.165, 1.54) is 4.31 Å². The highest BCUT2D eigenvalue weighted by atomic mass is 32.2. The van der Waals surface area contributed by atoms with E-state index >= 15 is 0 Å². The van der Waals surface area contributed by atoms with Crippen LogP contribution >= 0.6 is 0 Å². The van der Waals surface area contributed by atoms with E-state index in [-0.39, 0.29) is 17.6 Å². The van der Waals surface area contributed by atoms with Crippen molar-refractivity contribution in [1.82, 2.24) is 14.5 Å². The molecule has 2 aromatic rings. The van der Waals surface area contributed by atoms with Crippen molar-refractivity contribution < 1.29 is 17.6 Å². The number of nitrogens with zero attached hydrogens (tertiary/aromatic N) is 3. The fourth-order valence-corrected chi connectivity index (χ4v) is 4.16. The van der Waals surface area contributed by atoms with Crippen LogP contribution < -0.4 is 0 Å².